The van der Waals surface area contributed by atoms with E-state index in [1.54, 1.807) is 18.2 Å². The average Bonchev–Trinajstić information content (AvgIpc) is 2.82. The summed E-state index contributed by atoms with van der Waals surface area (Å²) >= 11 is 3.34. The maximum absolute atomic E-state index is 13.5. The summed E-state index contributed by atoms with van der Waals surface area (Å²) in [5.74, 6) is 0.232. The summed E-state index contributed by atoms with van der Waals surface area (Å²) in [4.78, 5) is 12.9. The number of carbonyl (C=O) groups excluding carboxylic acids is 1. The van der Waals surface area contributed by atoms with Crippen molar-refractivity contribution in [3.63, 3.8) is 0 Å². The van der Waals surface area contributed by atoms with Gasteiger partial charge in [0.2, 0.25) is 5.91 Å². The number of hydrogen-bond donors (Lipinski definition) is 1. The molecule has 0 saturated heterocycles. The third-order valence-electron chi connectivity index (χ3n) is 5.29. The molecule has 0 saturated carbocycles. The number of nitrogens with zero attached hydrogens (tertiary/aromatic N) is 1. The van der Waals surface area contributed by atoms with Crippen LogP contribution in [0.2, 0.25) is 0 Å². The van der Waals surface area contributed by atoms with Crippen molar-refractivity contribution >= 4 is 37.5 Å². The van der Waals surface area contributed by atoms with Gasteiger partial charge in [0, 0.05) is 6.54 Å². The molecule has 0 fully saturated rings. The smallest absolute Gasteiger partial charge is 0.264 e. The number of nitrogens with one attached hydrogen (secondary N) is 1. The molecule has 0 bridgehead atoms. The van der Waals surface area contributed by atoms with Crippen molar-refractivity contribution in [2.75, 3.05) is 24.5 Å². The molecular formula is C25H27BrN2O4S. The molecule has 0 unspecified atom stereocenters. The second-order valence-electron chi connectivity index (χ2n) is 7.76. The molecule has 3 aromatic carbocycles. The Balaban J connectivity index is 1.84. The zero-order valence-electron chi connectivity index (χ0n) is 18.8. The molecule has 0 aromatic heterocycles. The van der Waals surface area contributed by atoms with Crippen LogP contribution in [0.3, 0.4) is 0 Å². The van der Waals surface area contributed by atoms with Crippen molar-refractivity contribution in [1.29, 1.82) is 0 Å². The molecule has 0 heterocycles. The Morgan fingerprint density at radius 3 is 2.33 bits per heavy atom. The molecule has 6 nitrogen and oxygen atoms in total. The number of hydrogen-bond acceptors (Lipinski definition) is 4. The van der Waals surface area contributed by atoms with Gasteiger partial charge in [-0.2, -0.15) is 0 Å². The predicted octanol–water partition coefficient (Wildman–Crippen LogP) is 4.88. The van der Waals surface area contributed by atoms with E-state index in [-0.39, 0.29) is 23.3 Å². The third kappa shape index (κ3) is 6.15. The van der Waals surface area contributed by atoms with Gasteiger partial charge >= 0.3 is 0 Å². The van der Waals surface area contributed by atoms with Crippen LogP contribution >= 0.6 is 15.9 Å². The highest BCUT2D eigenvalue weighted by Gasteiger charge is 2.28. The number of methoxy groups -OCH3 is 1. The van der Waals surface area contributed by atoms with Gasteiger partial charge in [0.15, 0.2) is 0 Å². The van der Waals surface area contributed by atoms with E-state index in [4.69, 9.17) is 4.74 Å². The first-order valence-corrected chi connectivity index (χ1v) is 12.7. The third-order valence-corrected chi connectivity index (χ3v) is 7.68. The summed E-state index contributed by atoms with van der Waals surface area (Å²) in [6.45, 7) is 4.00. The zero-order chi connectivity index (χ0) is 24.0. The van der Waals surface area contributed by atoms with Gasteiger partial charge < -0.3 is 10.1 Å². The fourth-order valence-corrected chi connectivity index (χ4v) is 5.45. The second kappa shape index (κ2) is 10.9. The standard InChI is InChI=1S/C25H27BrN2O4S/c1-18-9-11-21(12-10-18)28(33(30,31)22-13-14-24(32-3)23(26)15-22)17-25(29)27-16-19(2)20-7-5-4-6-8-20/h4-15,19H,16-17H2,1-3H3,(H,27,29)/t19-/m0/s1. The van der Waals surface area contributed by atoms with Gasteiger partial charge in [-0.1, -0.05) is 55.0 Å². The molecule has 1 amide bonds. The summed E-state index contributed by atoms with van der Waals surface area (Å²) in [5, 5.41) is 2.87. The normalized spacial score (nSPS) is 12.1. The van der Waals surface area contributed by atoms with E-state index in [1.807, 2.05) is 56.3 Å². The van der Waals surface area contributed by atoms with Crippen LogP contribution in [0.5, 0.6) is 5.75 Å². The van der Waals surface area contributed by atoms with Crippen molar-refractivity contribution in [3.8, 4) is 5.75 Å². The first-order valence-electron chi connectivity index (χ1n) is 10.5. The van der Waals surface area contributed by atoms with Crippen LogP contribution in [0.4, 0.5) is 5.69 Å². The second-order valence-corrected chi connectivity index (χ2v) is 10.5. The molecule has 1 N–H and O–H groups in total. The number of aryl methyl sites for hydroxylation is 1. The van der Waals surface area contributed by atoms with Crippen LogP contribution in [0.25, 0.3) is 0 Å². The van der Waals surface area contributed by atoms with Crippen molar-refractivity contribution in [3.05, 3.63) is 88.4 Å². The fourth-order valence-electron chi connectivity index (χ4n) is 3.31. The van der Waals surface area contributed by atoms with E-state index in [0.717, 1.165) is 15.4 Å². The Morgan fingerprint density at radius 2 is 1.73 bits per heavy atom. The van der Waals surface area contributed by atoms with Crippen LogP contribution in [0, 0.1) is 6.92 Å². The van der Waals surface area contributed by atoms with Gasteiger partial charge in [0.05, 0.1) is 22.2 Å². The molecular weight excluding hydrogens is 504 g/mol. The van der Waals surface area contributed by atoms with Crippen molar-refractivity contribution in [2.45, 2.75) is 24.7 Å². The van der Waals surface area contributed by atoms with Crippen LogP contribution < -0.4 is 14.4 Å². The molecule has 0 radical (unpaired) electrons. The highest BCUT2D eigenvalue weighted by Crippen LogP contribution is 2.30. The lowest BCUT2D eigenvalue weighted by Gasteiger charge is -2.25. The first-order chi connectivity index (χ1) is 15.7. The summed E-state index contributed by atoms with van der Waals surface area (Å²) in [7, 11) is -2.51. The molecule has 3 aromatic rings. The summed E-state index contributed by atoms with van der Waals surface area (Å²) < 4.78 is 33.9. The lowest BCUT2D eigenvalue weighted by molar-refractivity contribution is -0.119. The van der Waals surface area contributed by atoms with Crippen LogP contribution in [0.1, 0.15) is 24.0 Å². The largest absolute Gasteiger partial charge is 0.496 e. The average molecular weight is 531 g/mol. The number of amides is 1. The molecule has 3 rings (SSSR count). The number of ether oxygens (including phenoxy) is 1. The lowest BCUT2D eigenvalue weighted by atomic mass is 10.0. The minimum absolute atomic E-state index is 0.0567. The molecule has 174 valence electrons. The van der Waals surface area contributed by atoms with Gasteiger partial charge in [0.25, 0.3) is 10.0 Å². The van der Waals surface area contributed by atoms with Crippen molar-refractivity contribution in [2.24, 2.45) is 0 Å². The lowest BCUT2D eigenvalue weighted by Crippen LogP contribution is -2.41. The molecule has 0 aliphatic carbocycles. The number of benzene rings is 3. The highest BCUT2D eigenvalue weighted by molar-refractivity contribution is 9.10. The van der Waals surface area contributed by atoms with E-state index >= 15 is 0 Å². The Labute approximate surface area is 203 Å². The topological polar surface area (TPSA) is 75.7 Å². The van der Waals surface area contributed by atoms with Crippen molar-refractivity contribution < 1.29 is 17.9 Å². The Morgan fingerprint density at radius 1 is 1.06 bits per heavy atom. The Bertz CT molecular complexity index is 1200. The number of rotatable bonds is 9. The fraction of sp³-hybridized carbons (Fsp3) is 0.240. The van der Waals surface area contributed by atoms with E-state index in [0.29, 0.717) is 22.5 Å². The molecule has 33 heavy (non-hydrogen) atoms. The first kappa shape index (κ1) is 24.8. The molecule has 0 spiro atoms. The molecule has 0 aliphatic rings. The van der Waals surface area contributed by atoms with E-state index < -0.39 is 10.0 Å². The van der Waals surface area contributed by atoms with E-state index in [1.165, 1.54) is 19.2 Å². The summed E-state index contributed by atoms with van der Waals surface area (Å²) in [5.41, 5.74) is 2.51. The van der Waals surface area contributed by atoms with E-state index in [9.17, 15) is 13.2 Å². The van der Waals surface area contributed by atoms with Gasteiger partial charge in [-0.3, -0.25) is 9.10 Å². The zero-order valence-corrected chi connectivity index (χ0v) is 21.2. The predicted molar refractivity (Wildman–Crippen MR) is 134 cm³/mol. The van der Waals surface area contributed by atoms with Gasteiger partial charge in [-0.05, 0) is 64.7 Å². The summed E-state index contributed by atoms with van der Waals surface area (Å²) in [6, 6.07) is 21.4. The van der Waals surface area contributed by atoms with Gasteiger partial charge in [-0.15, -0.1) is 0 Å². The molecule has 1 atom stereocenters. The van der Waals surface area contributed by atoms with Gasteiger partial charge in [0.1, 0.15) is 12.3 Å². The molecule has 0 aliphatic heterocycles. The van der Waals surface area contributed by atoms with Crippen LogP contribution in [0.15, 0.2) is 82.2 Å². The quantitative estimate of drug-likeness (QED) is 0.427. The minimum atomic E-state index is -4.01. The van der Waals surface area contributed by atoms with Crippen molar-refractivity contribution in [1.82, 2.24) is 5.32 Å². The SMILES string of the molecule is COc1ccc(S(=O)(=O)N(CC(=O)NC[C@H](C)c2ccccc2)c2ccc(C)cc2)cc1Br. The Hall–Kier alpha value is -2.84. The minimum Gasteiger partial charge on any atom is -0.496 e. The number of carbonyl (C=O) groups is 1. The summed E-state index contributed by atoms with van der Waals surface area (Å²) in [6.07, 6.45) is 0. The van der Waals surface area contributed by atoms with Crippen LogP contribution in [-0.4, -0.2) is 34.5 Å². The number of anilines is 1. The maximum Gasteiger partial charge on any atom is 0.264 e. The maximum atomic E-state index is 13.5. The number of halogens is 1. The van der Waals surface area contributed by atoms with Gasteiger partial charge in [-0.25, -0.2) is 8.42 Å². The van der Waals surface area contributed by atoms with Crippen LogP contribution in [-0.2, 0) is 14.8 Å². The monoisotopic (exact) mass is 530 g/mol. The highest BCUT2D eigenvalue weighted by atomic mass is 79.9. The number of sulfonamides is 1. The molecule has 8 heteroatoms. The van der Waals surface area contributed by atoms with E-state index in [2.05, 4.69) is 21.2 Å². The Kier molecular flexibility index (Phi) is 8.15.